The predicted molar refractivity (Wildman–Crippen MR) is 92.4 cm³/mol. The number of hydrogen-bond donors (Lipinski definition) is 0. The largest absolute Gasteiger partial charge is 0.316 e. The number of fused-ring (bicyclic) bond motifs is 2. The van der Waals surface area contributed by atoms with Crippen molar-refractivity contribution in [2.45, 2.75) is 19.3 Å². The molecule has 0 fully saturated rings. The fourth-order valence-electron chi connectivity index (χ4n) is 4.05. The minimum absolute atomic E-state index is 1.18. The Bertz CT molecular complexity index is 993. The van der Waals surface area contributed by atoms with Crippen LogP contribution in [0.2, 0.25) is 0 Å². The van der Waals surface area contributed by atoms with Gasteiger partial charge in [0.1, 0.15) is 0 Å². The average Bonchev–Trinajstić information content (AvgIpc) is 3.06. The van der Waals surface area contributed by atoms with Gasteiger partial charge in [-0.15, -0.1) is 0 Å². The molecule has 1 heteroatoms. The lowest BCUT2D eigenvalue weighted by Gasteiger charge is -2.22. The van der Waals surface area contributed by atoms with Crippen molar-refractivity contribution in [1.82, 2.24) is 4.40 Å². The smallest absolute Gasteiger partial charge is 0.0537 e. The summed E-state index contributed by atoms with van der Waals surface area (Å²) in [7, 11) is 0. The third kappa shape index (κ3) is 1.54. The Morgan fingerprint density at radius 2 is 1.59 bits per heavy atom. The molecule has 0 N–H and O–H groups in total. The van der Waals surface area contributed by atoms with Gasteiger partial charge in [-0.25, -0.2) is 0 Å². The van der Waals surface area contributed by atoms with Crippen LogP contribution >= 0.6 is 0 Å². The summed E-state index contributed by atoms with van der Waals surface area (Å²) in [5.74, 6) is 0. The van der Waals surface area contributed by atoms with Gasteiger partial charge in [-0.3, -0.25) is 0 Å². The fraction of sp³-hybridized carbons (Fsp3) is 0.143. The van der Waals surface area contributed by atoms with Gasteiger partial charge in [0.2, 0.25) is 0 Å². The van der Waals surface area contributed by atoms with E-state index in [9.17, 15) is 0 Å². The van der Waals surface area contributed by atoms with Gasteiger partial charge in [-0.05, 0) is 54.2 Å². The third-order valence-corrected chi connectivity index (χ3v) is 4.93. The first kappa shape index (κ1) is 12.0. The number of benzene rings is 2. The number of nitrogens with zero attached hydrogens (tertiary/aromatic N) is 1. The molecule has 0 saturated carbocycles. The molecular weight excluding hydrogens is 266 g/mol. The van der Waals surface area contributed by atoms with Crippen molar-refractivity contribution in [2.24, 2.45) is 0 Å². The first-order valence-electron chi connectivity index (χ1n) is 8.02. The molecule has 0 saturated heterocycles. The summed E-state index contributed by atoms with van der Waals surface area (Å²) in [4.78, 5) is 0. The molecule has 0 bridgehead atoms. The predicted octanol–water partition coefficient (Wildman–Crippen LogP) is 5.25. The summed E-state index contributed by atoms with van der Waals surface area (Å²) >= 11 is 0. The normalized spacial score (nSPS) is 13.8. The number of pyridine rings is 1. The second kappa shape index (κ2) is 4.48. The molecule has 2 aromatic carbocycles. The molecule has 0 aliphatic heterocycles. The molecule has 0 spiro atoms. The minimum atomic E-state index is 1.18. The van der Waals surface area contributed by atoms with Gasteiger partial charge in [-0.2, -0.15) is 0 Å². The molecule has 2 heterocycles. The summed E-state index contributed by atoms with van der Waals surface area (Å²) in [6.45, 7) is 0. The van der Waals surface area contributed by atoms with Crippen LogP contribution in [0, 0.1) is 0 Å². The first-order chi connectivity index (χ1) is 10.9. The highest BCUT2D eigenvalue weighted by Crippen LogP contribution is 2.39. The van der Waals surface area contributed by atoms with Crippen LogP contribution in [-0.4, -0.2) is 4.40 Å². The van der Waals surface area contributed by atoms with E-state index in [1.54, 1.807) is 0 Å². The molecule has 0 radical (unpaired) electrons. The molecule has 2 aromatic heterocycles. The van der Waals surface area contributed by atoms with Gasteiger partial charge >= 0.3 is 0 Å². The zero-order chi connectivity index (χ0) is 14.5. The first-order valence-corrected chi connectivity index (χ1v) is 8.02. The van der Waals surface area contributed by atoms with Crippen LogP contribution in [0.4, 0.5) is 0 Å². The maximum absolute atomic E-state index is 2.36. The Balaban J connectivity index is 2.04. The molecule has 0 unspecified atom stereocenters. The van der Waals surface area contributed by atoms with Gasteiger partial charge in [0.15, 0.2) is 0 Å². The van der Waals surface area contributed by atoms with E-state index in [1.807, 2.05) is 0 Å². The fourth-order valence-corrected chi connectivity index (χ4v) is 4.05. The number of aromatic nitrogens is 1. The van der Waals surface area contributed by atoms with Crippen molar-refractivity contribution in [3.8, 4) is 11.1 Å². The Morgan fingerprint density at radius 3 is 2.50 bits per heavy atom. The molecule has 1 aliphatic carbocycles. The summed E-state index contributed by atoms with van der Waals surface area (Å²) < 4.78 is 2.36. The molecule has 106 valence electrons. The van der Waals surface area contributed by atoms with E-state index >= 15 is 0 Å². The van der Waals surface area contributed by atoms with Crippen molar-refractivity contribution >= 4 is 16.4 Å². The molecular formula is C21H17N. The number of aryl methyl sites for hydroxylation is 2. The van der Waals surface area contributed by atoms with Gasteiger partial charge in [0.05, 0.1) is 11.0 Å². The van der Waals surface area contributed by atoms with Crippen LogP contribution in [0.1, 0.15) is 17.5 Å². The molecule has 5 rings (SSSR count). The Hall–Kier alpha value is -2.54. The molecule has 4 aromatic rings. The van der Waals surface area contributed by atoms with Crippen LogP contribution in [0.5, 0.6) is 0 Å². The molecule has 22 heavy (non-hydrogen) atoms. The Labute approximate surface area is 129 Å². The maximum Gasteiger partial charge on any atom is 0.0537 e. The van der Waals surface area contributed by atoms with E-state index in [-0.39, 0.29) is 0 Å². The maximum atomic E-state index is 2.36. The SMILES string of the molecule is c1ccc(-c2c3c4c(cccc4n4cccc24)CCC3)cc1. The summed E-state index contributed by atoms with van der Waals surface area (Å²) in [5.41, 5.74) is 8.48. The lowest BCUT2D eigenvalue weighted by molar-refractivity contribution is 0.808. The summed E-state index contributed by atoms with van der Waals surface area (Å²) in [5, 5.41) is 1.48. The molecule has 0 atom stereocenters. The van der Waals surface area contributed by atoms with Crippen LogP contribution in [0.25, 0.3) is 27.5 Å². The lowest BCUT2D eigenvalue weighted by Crippen LogP contribution is -2.06. The van der Waals surface area contributed by atoms with Crippen LogP contribution in [-0.2, 0) is 12.8 Å². The Kier molecular flexibility index (Phi) is 2.45. The van der Waals surface area contributed by atoms with Crippen molar-refractivity contribution in [2.75, 3.05) is 0 Å². The van der Waals surface area contributed by atoms with Crippen molar-refractivity contribution in [3.63, 3.8) is 0 Å². The van der Waals surface area contributed by atoms with Crippen LogP contribution in [0.3, 0.4) is 0 Å². The monoisotopic (exact) mass is 283 g/mol. The van der Waals surface area contributed by atoms with E-state index in [1.165, 1.54) is 57.9 Å². The second-order valence-electron chi connectivity index (χ2n) is 6.15. The highest BCUT2D eigenvalue weighted by atomic mass is 14.9. The highest BCUT2D eigenvalue weighted by molar-refractivity contribution is 5.99. The molecule has 0 amide bonds. The van der Waals surface area contributed by atoms with E-state index in [0.29, 0.717) is 0 Å². The van der Waals surface area contributed by atoms with Crippen molar-refractivity contribution in [1.29, 1.82) is 0 Å². The van der Waals surface area contributed by atoms with E-state index < -0.39 is 0 Å². The van der Waals surface area contributed by atoms with E-state index in [4.69, 9.17) is 0 Å². The van der Waals surface area contributed by atoms with Gasteiger partial charge in [0, 0.05) is 17.1 Å². The standard InChI is InChI=1S/C21H17N/c1-2-7-15(8-3-1)20-17-11-4-9-16-10-5-12-18(21(16)17)22-14-6-13-19(20)22/h1-3,5-8,10,12-14H,4,9,11H2. The quantitative estimate of drug-likeness (QED) is 0.449. The van der Waals surface area contributed by atoms with Gasteiger partial charge in [0.25, 0.3) is 0 Å². The highest BCUT2D eigenvalue weighted by Gasteiger charge is 2.20. The minimum Gasteiger partial charge on any atom is -0.316 e. The van der Waals surface area contributed by atoms with Crippen LogP contribution < -0.4 is 0 Å². The van der Waals surface area contributed by atoms with Gasteiger partial charge in [-0.1, -0.05) is 42.5 Å². The van der Waals surface area contributed by atoms with Crippen LogP contribution in [0.15, 0.2) is 66.9 Å². The average molecular weight is 283 g/mol. The number of rotatable bonds is 1. The Morgan fingerprint density at radius 1 is 0.727 bits per heavy atom. The zero-order valence-electron chi connectivity index (χ0n) is 12.4. The number of hydrogen-bond acceptors (Lipinski definition) is 0. The molecule has 1 aliphatic rings. The van der Waals surface area contributed by atoms with E-state index in [2.05, 4.69) is 71.3 Å². The zero-order valence-corrected chi connectivity index (χ0v) is 12.4. The topological polar surface area (TPSA) is 4.41 Å². The van der Waals surface area contributed by atoms with Crippen molar-refractivity contribution in [3.05, 3.63) is 78.0 Å². The lowest BCUT2D eigenvalue weighted by atomic mass is 9.85. The van der Waals surface area contributed by atoms with Gasteiger partial charge < -0.3 is 4.40 Å². The van der Waals surface area contributed by atoms with E-state index in [0.717, 1.165) is 0 Å². The third-order valence-electron chi connectivity index (χ3n) is 4.93. The summed E-state index contributed by atoms with van der Waals surface area (Å²) in [6.07, 6.45) is 5.83. The molecule has 1 nitrogen and oxygen atoms in total. The van der Waals surface area contributed by atoms with Crippen molar-refractivity contribution < 1.29 is 0 Å². The second-order valence-corrected chi connectivity index (χ2v) is 6.15. The summed E-state index contributed by atoms with van der Waals surface area (Å²) in [6, 6.07) is 22.0.